The van der Waals surface area contributed by atoms with E-state index in [2.05, 4.69) is 25.6 Å². The second-order valence-corrected chi connectivity index (χ2v) is 6.84. The molecule has 0 spiro atoms. The van der Waals surface area contributed by atoms with E-state index in [9.17, 15) is 8.42 Å². The minimum absolute atomic E-state index is 0.0602. The van der Waals surface area contributed by atoms with Gasteiger partial charge in [0.25, 0.3) is 0 Å². The molecule has 1 aliphatic rings. The third kappa shape index (κ3) is 2.97. The lowest BCUT2D eigenvalue weighted by molar-refractivity contribution is 0.0712. The number of nitrogens with zero attached hydrogens (tertiary/aromatic N) is 1. The number of pyridine rings is 1. The molecule has 1 fully saturated rings. The molecule has 2 N–H and O–H groups in total. The lowest BCUT2D eigenvalue weighted by Gasteiger charge is -2.31. The summed E-state index contributed by atoms with van der Waals surface area (Å²) in [6.45, 7) is 0. The number of aliphatic hydroxyl groups excluding tert-OH is 1. The first kappa shape index (κ1) is 13.2. The van der Waals surface area contributed by atoms with Crippen molar-refractivity contribution in [3.63, 3.8) is 0 Å². The van der Waals surface area contributed by atoms with E-state index in [-0.39, 0.29) is 16.1 Å². The molecule has 2 rings (SSSR count). The highest BCUT2D eigenvalue weighted by atomic mass is 79.9. The summed E-state index contributed by atoms with van der Waals surface area (Å²) in [4.78, 5) is 3.70. The molecule has 17 heavy (non-hydrogen) atoms. The number of halogens is 2. The van der Waals surface area contributed by atoms with Crippen molar-refractivity contribution in [1.29, 1.82) is 0 Å². The lowest BCUT2D eigenvalue weighted by atomic mass is 9.91. The molecule has 94 valence electrons. The van der Waals surface area contributed by atoms with E-state index in [1.165, 1.54) is 12.3 Å². The molecule has 0 unspecified atom stereocenters. The van der Waals surface area contributed by atoms with Crippen LogP contribution < -0.4 is 4.72 Å². The first-order valence-corrected chi connectivity index (χ1v) is 7.55. The van der Waals surface area contributed by atoms with Gasteiger partial charge in [-0.2, -0.15) is 0 Å². The molecular formula is C9H10BrClN2O3S. The zero-order valence-corrected chi connectivity index (χ0v) is 11.8. The van der Waals surface area contributed by atoms with Gasteiger partial charge >= 0.3 is 0 Å². The number of aliphatic hydroxyl groups is 1. The number of hydrogen-bond acceptors (Lipinski definition) is 4. The Morgan fingerprint density at radius 2 is 2.18 bits per heavy atom. The van der Waals surface area contributed by atoms with Gasteiger partial charge in [0, 0.05) is 16.7 Å². The van der Waals surface area contributed by atoms with Gasteiger partial charge in [0.05, 0.1) is 6.10 Å². The van der Waals surface area contributed by atoms with Crippen molar-refractivity contribution in [1.82, 2.24) is 9.71 Å². The van der Waals surface area contributed by atoms with Crippen LogP contribution in [0.2, 0.25) is 5.15 Å². The van der Waals surface area contributed by atoms with Crippen LogP contribution >= 0.6 is 27.5 Å². The summed E-state index contributed by atoms with van der Waals surface area (Å²) in [5.41, 5.74) is 0. The zero-order valence-electron chi connectivity index (χ0n) is 8.60. The third-order valence-electron chi connectivity index (χ3n) is 2.50. The van der Waals surface area contributed by atoms with Gasteiger partial charge in [0.1, 0.15) is 10.0 Å². The lowest BCUT2D eigenvalue weighted by Crippen LogP contribution is -2.46. The molecule has 0 aliphatic heterocycles. The maximum atomic E-state index is 12.0. The Labute approximate surface area is 112 Å². The summed E-state index contributed by atoms with van der Waals surface area (Å²) >= 11 is 8.90. The fraction of sp³-hybridized carbons (Fsp3) is 0.444. The second kappa shape index (κ2) is 4.81. The summed E-state index contributed by atoms with van der Waals surface area (Å²) in [5.74, 6) is 0. The second-order valence-electron chi connectivity index (χ2n) is 3.89. The van der Waals surface area contributed by atoms with Crippen LogP contribution in [0.5, 0.6) is 0 Å². The van der Waals surface area contributed by atoms with E-state index < -0.39 is 16.1 Å². The quantitative estimate of drug-likeness (QED) is 0.812. The standard InChI is InChI=1S/C9H10BrClN2O3S/c10-5-1-8(9(11)12-4-5)17(15,16)13-6-2-7(14)3-6/h1,4,6-7,13-14H,2-3H2. The van der Waals surface area contributed by atoms with Crippen molar-refractivity contribution in [2.24, 2.45) is 0 Å². The maximum Gasteiger partial charge on any atom is 0.243 e. The summed E-state index contributed by atoms with van der Waals surface area (Å²) in [5, 5.41) is 9.03. The topological polar surface area (TPSA) is 79.3 Å². The summed E-state index contributed by atoms with van der Waals surface area (Å²) in [6, 6.07) is 1.16. The Kier molecular flexibility index (Phi) is 3.74. The van der Waals surface area contributed by atoms with Gasteiger partial charge in [-0.05, 0) is 34.8 Å². The molecule has 0 amide bonds. The number of aromatic nitrogens is 1. The summed E-state index contributed by atoms with van der Waals surface area (Å²) in [6.07, 6.45) is 1.86. The molecule has 5 nitrogen and oxygen atoms in total. The average molecular weight is 342 g/mol. The molecule has 1 aromatic rings. The van der Waals surface area contributed by atoms with Gasteiger partial charge in [-0.15, -0.1) is 0 Å². The monoisotopic (exact) mass is 340 g/mol. The summed E-state index contributed by atoms with van der Waals surface area (Å²) < 4.78 is 27.0. The van der Waals surface area contributed by atoms with E-state index in [1.54, 1.807) is 0 Å². The van der Waals surface area contributed by atoms with Crippen molar-refractivity contribution < 1.29 is 13.5 Å². The van der Waals surface area contributed by atoms with E-state index >= 15 is 0 Å². The minimum Gasteiger partial charge on any atom is -0.393 e. The molecule has 1 saturated carbocycles. The van der Waals surface area contributed by atoms with E-state index in [0.717, 1.165) is 0 Å². The predicted molar refractivity (Wildman–Crippen MR) is 66.3 cm³/mol. The molecule has 8 heteroatoms. The maximum absolute atomic E-state index is 12.0. The van der Waals surface area contributed by atoms with Gasteiger partial charge in [-0.1, -0.05) is 11.6 Å². The highest BCUT2D eigenvalue weighted by Crippen LogP contribution is 2.26. The molecule has 0 bridgehead atoms. The van der Waals surface area contributed by atoms with Crippen LogP contribution in [0.15, 0.2) is 21.6 Å². The molecule has 0 radical (unpaired) electrons. The first-order valence-electron chi connectivity index (χ1n) is 4.90. The molecule has 1 aliphatic carbocycles. The van der Waals surface area contributed by atoms with Crippen LogP contribution in [0, 0.1) is 0 Å². The Bertz CT molecular complexity index is 531. The van der Waals surface area contributed by atoms with Crippen molar-refractivity contribution in [3.8, 4) is 0 Å². The third-order valence-corrected chi connectivity index (χ3v) is 4.88. The zero-order chi connectivity index (χ0) is 12.6. The van der Waals surface area contributed by atoms with Gasteiger partial charge in [0.15, 0.2) is 0 Å². The Hall–Kier alpha value is -0.210. The number of hydrogen-bond donors (Lipinski definition) is 2. The first-order chi connectivity index (χ1) is 7.88. The number of sulfonamides is 1. The highest BCUT2D eigenvalue weighted by molar-refractivity contribution is 9.10. The fourth-order valence-corrected chi connectivity index (χ4v) is 3.77. The van der Waals surface area contributed by atoms with Crippen molar-refractivity contribution >= 4 is 37.6 Å². The normalized spacial score (nSPS) is 24.4. The highest BCUT2D eigenvalue weighted by Gasteiger charge is 2.32. The predicted octanol–water partition coefficient (Wildman–Crippen LogP) is 1.30. The fourth-order valence-electron chi connectivity index (χ4n) is 1.56. The van der Waals surface area contributed by atoms with Crippen LogP contribution in [-0.2, 0) is 10.0 Å². The molecule has 0 aromatic carbocycles. The van der Waals surface area contributed by atoms with E-state index in [4.69, 9.17) is 16.7 Å². The number of rotatable bonds is 3. The van der Waals surface area contributed by atoms with Crippen molar-refractivity contribution in [2.75, 3.05) is 0 Å². The van der Waals surface area contributed by atoms with E-state index in [0.29, 0.717) is 17.3 Å². The van der Waals surface area contributed by atoms with Crippen molar-refractivity contribution in [2.45, 2.75) is 29.9 Å². The minimum atomic E-state index is -3.68. The Morgan fingerprint density at radius 1 is 1.53 bits per heavy atom. The summed E-state index contributed by atoms with van der Waals surface area (Å²) in [7, 11) is -3.68. The van der Waals surface area contributed by atoms with Crippen LogP contribution in [0.25, 0.3) is 0 Å². The molecule has 0 atom stereocenters. The van der Waals surface area contributed by atoms with Gasteiger partial charge in [0.2, 0.25) is 10.0 Å². The van der Waals surface area contributed by atoms with Gasteiger partial charge in [-0.3, -0.25) is 0 Å². The van der Waals surface area contributed by atoms with Crippen LogP contribution in [0.1, 0.15) is 12.8 Å². The number of nitrogens with one attached hydrogen (secondary N) is 1. The largest absolute Gasteiger partial charge is 0.393 e. The van der Waals surface area contributed by atoms with Crippen molar-refractivity contribution in [3.05, 3.63) is 21.9 Å². The Balaban J connectivity index is 2.22. The van der Waals surface area contributed by atoms with E-state index in [1.807, 2.05) is 0 Å². The smallest absolute Gasteiger partial charge is 0.243 e. The van der Waals surface area contributed by atoms with Crippen LogP contribution in [0.3, 0.4) is 0 Å². The Morgan fingerprint density at radius 3 is 2.76 bits per heavy atom. The van der Waals surface area contributed by atoms with Crippen LogP contribution in [-0.4, -0.2) is 30.7 Å². The van der Waals surface area contributed by atoms with Gasteiger partial charge < -0.3 is 5.11 Å². The van der Waals surface area contributed by atoms with Crippen LogP contribution in [0.4, 0.5) is 0 Å². The molecule has 0 saturated heterocycles. The SMILES string of the molecule is O=S(=O)(NC1CC(O)C1)c1cc(Br)cnc1Cl. The molecule has 1 heterocycles. The average Bonchev–Trinajstić information content (AvgIpc) is 2.19. The van der Waals surface area contributed by atoms with Gasteiger partial charge in [-0.25, -0.2) is 18.1 Å². The molecular weight excluding hydrogens is 332 g/mol. The molecule has 1 aromatic heterocycles.